The fourth-order valence-corrected chi connectivity index (χ4v) is 2.18. The van der Waals surface area contributed by atoms with Crippen molar-refractivity contribution in [2.45, 2.75) is 26.4 Å². The van der Waals surface area contributed by atoms with Crippen molar-refractivity contribution in [2.75, 3.05) is 0 Å². The van der Waals surface area contributed by atoms with Gasteiger partial charge in [0.1, 0.15) is 0 Å². The van der Waals surface area contributed by atoms with E-state index in [2.05, 4.69) is 30.2 Å². The topological polar surface area (TPSA) is 24.9 Å². The van der Waals surface area contributed by atoms with E-state index in [4.69, 9.17) is 11.6 Å². The number of halogens is 1. The Bertz CT molecular complexity index is 525. The highest BCUT2D eigenvalue weighted by atomic mass is 35.5. The Morgan fingerprint density at radius 3 is 2.78 bits per heavy atom. The molecule has 0 bridgehead atoms. The number of nitrogens with one attached hydrogen (secondary N) is 1. The zero-order valence-electron chi connectivity index (χ0n) is 10.7. The maximum atomic E-state index is 6.18. The minimum absolute atomic E-state index is 0.221. The minimum Gasteiger partial charge on any atom is -0.306 e. The molecule has 0 amide bonds. The Hall–Kier alpha value is -1.38. The van der Waals surface area contributed by atoms with E-state index in [1.807, 2.05) is 36.7 Å². The van der Waals surface area contributed by atoms with Gasteiger partial charge in [-0.15, -0.1) is 0 Å². The van der Waals surface area contributed by atoms with E-state index in [0.717, 1.165) is 17.1 Å². The van der Waals surface area contributed by atoms with Gasteiger partial charge in [0.2, 0.25) is 0 Å². The Balaban J connectivity index is 2.03. The van der Waals surface area contributed by atoms with Gasteiger partial charge >= 0.3 is 0 Å². The van der Waals surface area contributed by atoms with Crippen molar-refractivity contribution in [3.05, 3.63) is 64.4 Å². The fourth-order valence-electron chi connectivity index (χ4n) is 1.88. The second kappa shape index (κ2) is 5.98. The number of hydrogen-bond acceptors (Lipinski definition) is 2. The number of pyridine rings is 1. The number of hydrogen-bond donors (Lipinski definition) is 1. The predicted octanol–water partition coefficient (Wildman–Crippen LogP) is 3.89. The molecule has 1 aromatic carbocycles. The first-order valence-corrected chi connectivity index (χ1v) is 6.43. The van der Waals surface area contributed by atoms with Crippen LogP contribution in [-0.2, 0) is 6.54 Å². The summed E-state index contributed by atoms with van der Waals surface area (Å²) < 4.78 is 0. The summed E-state index contributed by atoms with van der Waals surface area (Å²) in [6, 6.07) is 10.2. The standard InChI is InChI=1S/C15H17ClN2/c1-11-7-8-17-9-13(11)10-18-12(2)14-5-3-4-6-15(14)16/h3-9,12,18H,10H2,1-2H3/t12-/m1/s1. The molecule has 2 rings (SSSR count). The highest BCUT2D eigenvalue weighted by Crippen LogP contribution is 2.22. The van der Waals surface area contributed by atoms with E-state index in [9.17, 15) is 0 Å². The van der Waals surface area contributed by atoms with Crippen LogP contribution >= 0.6 is 11.6 Å². The van der Waals surface area contributed by atoms with Crippen LogP contribution in [0.2, 0.25) is 5.02 Å². The minimum atomic E-state index is 0.221. The molecule has 0 spiro atoms. The van der Waals surface area contributed by atoms with Gasteiger partial charge < -0.3 is 5.32 Å². The molecule has 2 nitrogen and oxygen atoms in total. The van der Waals surface area contributed by atoms with Gasteiger partial charge in [0.25, 0.3) is 0 Å². The lowest BCUT2D eigenvalue weighted by Gasteiger charge is -2.16. The number of nitrogens with zero attached hydrogens (tertiary/aromatic N) is 1. The van der Waals surface area contributed by atoms with E-state index in [1.54, 1.807) is 0 Å². The molecule has 1 atom stereocenters. The van der Waals surface area contributed by atoms with Crippen molar-refractivity contribution in [3.63, 3.8) is 0 Å². The Morgan fingerprint density at radius 2 is 2.06 bits per heavy atom. The molecule has 3 heteroatoms. The van der Waals surface area contributed by atoms with Gasteiger partial charge in [-0.3, -0.25) is 4.98 Å². The predicted molar refractivity (Wildman–Crippen MR) is 75.7 cm³/mol. The molecule has 0 aliphatic carbocycles. The summed E-state index contributed by atoms with van der Waals surface area (Å²) in [5, 5.41) is 4.28. The van der Waals surface area contributed by atoms with E-state index in [0.29, 0.717) is 0 Å². The van der Waals surface area contributed by atoms with Crippen LogP contribution in [0.4, 0.5) is 0 Å². The molecule has 1 heterocycles. The van der Waals surface area contributed by atoms with Crippen LogP contribution in [-0.4, -0.2) is 4.98 Å². The number of rotatable bonds is 4. The van der Waals surface area contributed by atoms with E-state index < -0.39 is 0 Å². The van der Waals surface area contributed by atoms with Gasteiger partial charge in [-0.25, -0.2) is 0 Å². The van der Waals surface area contributed by atoms with Gasteiger partial charge in [-0.05, 0) is 42.7 Å². The Morgan fingerprint density at radius 1 is 1.28 bits per heavy atom. The van der Waals surface area contributed by atoms with Gasteiger partial charge in [-0.1, -0.05) is 29.8 Å². The zero-order valence-corrected chi connectivity index (χ0v) is 11.4. The maximum Gasteiger partial charge on any atom is 0.0453 e. The van der Waals surface area contributed by atoms with Crippen molar-refractivity contribution in [1.29, 1.82) is 0 Å². The maximum absolute atomic E-state index is 6.18. The van der Waals surface area contributed by atoms with Crippen molar-refractivity contribution < 1.29 is 0 Å². The Labute approximate surface area is 113 Å². The van der Waals surface area contributed by atoms with Gasteiger partial charge in [-0.2, -0.15) is 0 Å². The zero-order chi connectivity index (χ0) is 13.0. The fraction of sp³-hybridized carbons (Fsp3) is 0.267. The summed E-state index contributed by atoms with van der Waals surface area (Å²) in [6.45, 7) is 5.01. The second-order valence-corrected chi connectivity index (χ2v) is 4.83. The van der Waals surface area contributed by atoms with Crippen molar-refractivity contribution in [3.8, 4) is 0 Å². The summed E-state index contributed by atoms with van der Waals surface area (Å²) >= 11 is 6.18. The monoisotopic (exact) mass is 260 g/mol. The molecule has 0 saturated carbocycles. The lowest BCUT2D eigenvalue weighted by Crippen LogP contribution is -2.19. The molecule has 2 aromatic rings. The van der Waals surface area contributed by atoms with Crippen LogP contribution < -0.4 is 5.32 Å². The van der Waals surface area contributed by atoms with Crippen LogP contribution in [0.3, 0.4) is 0 Å². The molecule has 94 valence electrons. The van der Waals surface area contributed by atoms with Crippen molar-refractivity contribution in [1.82, 2.24) is 10.3 Å². The third kappa shape index (κ3) is 3.09. The summed E-state index contributed by atoms with van der Waals surface area (Å²) in [5.74, 6) is 0. The van der Waals surface area contributed by atoms with Gasteiger partial charge in [0.05, 0.1) is 0 Å². The number of benzene rings is 1. The SMILES string of the molecule is Cc1ccncc1CN[C@H](C)c1ccccc1Cl. The molecule has 1 N–H and O–H groups in total. The molecule has 0 aliphatic heterocycles. The molecule has 1 aromatic heterocycles. The molecule has 0 radical (unpaired) electrons. The molecule has 0 saturated heterocycles. The lowest BCUT2D eigenvalue weighted by molar-refractivity contribution is 0.572. The summed E-state index contributed by atoms with van der Waals surface area (Å²) in [6.07, 6.45) is 3.72. The number of aryl methyl sites for hydroxylation is 1. The first kappa shape index (κ1) is 13.1. The molecule has 0 unspecified atom stereocenters. The normalized spacial score (nSPS) is 12.4. The molecule has 0 aliphatic rings. The summed E-state index contributed by atoms with van der Waals surface area (Å²) in [5.41, 5.74) is 3.60. The summed E-state index contributed by atoms with van der Waals surface area (Å²) in [7, 11) is 0. The highest BCUT2D eigenvalue weighted by Gasteiger charge is 2.08. The summed E-state index contributed by atoms with van der Waals surface area (Å²) in [4.78, 5) is 4.15. The smallest absolute Gasteiger partial charge is 0.0453 e. The largest absolute Gasteiger partial charge is 0.306 e. The third-order valence-electron chi connectivity index (χ3n) is 3.12. The molecular weight excluding hydrogens is 244 g/mol. The van der Waals surface area contributed by atoms with E-state index >= 15 is 0 Å². The highest BCUT2D eigenvalue weighted by molar-refractivity contribution is 6.31. The molecule has 18 heavy (non-hydrogen) atoms. The van der Waals surface area contributed by atoms with Crippen LogP contribution in [0.15, 0.2) is 42.7 Å². The first-order chi connectivity index (χ1) is 8.68. The van der Waals surface area contributed by atoms with Crippen LogP contribution in [0.1, 0.15) is 29.7 Å². The van der Waals surface area contributed by atoms with Gasteiger partial charge in [0.15, 0.2) is 0 Å². The quantitative estimate of drug-likeness (QED) is 0.902. The average molecular weight is 261 g/mol. The van der Waals surface area contributed by atoms with Crippen LogP contribution in [0, 0.1) is 6.92 Å². The Kier molecular flexibility index (Phi) is 4.34. The van der Waals surface area contributed by atoms with Crippen molar-refractivity contribution in [2.24, 2.45) is 0 Å². The first-order valence-electron chi connectivity index (χ1n) is 6.06. The van der Waals surface area contributed by atoms with Gasteiger partial charge in [0, 0.05) is 30.0 Å². The number of aromatic nitrogens is 1. The third-order valence-corrected chi connectivity index (χ3v) is 3.46. The van der Waals surface area contributed by atoms with Crippen molar-refractivity contribution >= 4 is 11.6 Å². The molecule has 0 fully saturated rings. The van der Waals surface area contributed by atoms with Crippen LogP contribution in [0.5, 0.6) is 0 Å². The van der Waals surface area contributed by atoms with E-state index in [-0.39, 0.29) is 6.04 Å². The molecular formula is C15H17ClN2. The van der Waals surface area contributed by atoms with Crippen LogP contribution in [0.25, 0.3) is 0 Å². The van der Waals surface area contributed by atoms with E-state index in [1.165, 1.54) is 11.1 Å². The average Bonchev–Trinajstić information content (AvgIpc) is 2.38. The lowest BCUT2D eigenvalue weighted by atomic mass is 10.1. The second-order valence-electron chi connectivity index (χ2n) is 4.43.